The summed E-state index contributed by atoms with van der Waals surface area (Å²) in [5.41, 5.74) is 6.38. The van der Waals surface area contributed by atoms with Crippen LogP contribution in [0.2, 0.25) is 0 Å². The van der Waals surface area contributed by atoms with Gasteiger partial charge in [-0.15, -0.1) is 0 Å². The second kappa shape index (κ2) is 8.47. The second-order valence-electron chi connectivity index (χ2n) is 7.48. The second-order valence-corrected chi connectivity index (χ2v) is 7.48. The zero-order valence-electron chi connectivity index (χ0n) is 17.4. The summed E-state index contributed by atoms with van der Waals surface area (Å²) in [6, 6.07) is 15.8. The van der Waals surface area contributed by atoms with E-state index in [1.807, 2.05) is 75.6 Å². The first-order chi connectivity index (χ1) is 14.6. The van der Waals surface area contributed by atoms with Crippen molar-refractivity contribution in [3.63, 3.8) is 0 Å². The Morgan fingerprint density at radius 2 is 2.00 bits per heavy atom. The van der Waals surface area contributed by atoms with Crippen molar-refractivity contribution >= 4 is 16.8 Å². The van der Waals surface area contributed by atoms with Crippen LogP contribution in [0.5, 0.6) is 0 Å². The first kappa shape index (κ1) is 19.8. The van der Waals surface area contributed by atoms with Crippen molar-refractivity contribution in [2.75, 3.05) is 7.05 Å². The molecule has 0 saturated heterocycles. The quantitative estimate of drug-likeness (QED) is 0.455. The SMILES string of the molecule is CNCc1ccc(C)c(C(=O)NC(C)c2cc(-c3cn[nH]c3)nc3ccccc23)c1. The molecule has 0 bridgehead atoms. The molecule has 6 nitrogen and oxygen atoms in total. The highest BCUT2D eigenvalue weighted by Gasteiger charge is 2.18. The van der Waals surface area contributed by atoms with Crippen molar-refractivity contribution in [3.8, 4) is 11.3 Å². The summed E-state index contributed by atoms with van der Waals surface area (Å²) >= 11 is 0. The molecule has 2 aromatic heterocycles. The number of nitrogens with one attached hydrogen (secondary N) is 3. The lowest BCUT2D eigenvalue weighted by atomic mass is 9.99. The lowest BCUT2D eigenvalue weighted by Crippen LogP contribution is -2.27. The third kappa shape index (κ3) is 3.95. The van der Waals surface area contributed by atoms with Crippen LogP contribution in [0.25, 0.3) is 22.2 Å². The number of hydrogen-bond donors (Lipinski definition) is 3. The van der Waals surface area contributed by atoms with E-state index >= 15 is 0 Å². The molecule has 0 aliphatic rings. The fourth-order valence-corrected chi connectivity index (χ4v) is 3.68. The van der Waals surface area contributed by atoms with Crippen LogP contribution in [0.15, 0.2) is 60.9 Å². The smallest absolute Gasteiger partial charge is 0.252 e. The molecule has 6 heteroatoms. The van der Waals surface area contributed by atoms with Gasteiger partial charge in [0, 0.05) is 29.3 Å². The molecule has 0 spiro atoms. The summed E-state index contributed by atoms with van der Waals surface area (Å²) in [5, 5.41) is 14.2. The third-order valence-corrected chi connectivity index (χ3v) is 5.28. The van der Waals surface area contributed by atoms with Gasteiger partial charge in [0.1, 0.15) is 0 Å². The number of aryl methyl sites for hydroxylation is 1. The van der Waals surface area contributed by atoms with Crippen molar-refractivity contribution in [2.24, 2.45) is 0 Å². The molecule has 1 amide bonds. The number of rotatable bonds is 6. The van der Waals surface area contributed by atoms with Gasteiger partial charge in [-0.25, -0.2) is 4.98 Å². The molecule has 4 aromatic rings. The number of amides is 1. The highest BCUT2D eigenvalue weighted by Crippen LogP contribution is 2.28. The van der Waals surface area contributed by atoms with Crippen LogP contribution in [0.4, 0.5) is 0 Å². The predicted molar refractivity (Wildman–Crippen MR) is 119 cm³/mol. The average molecular weight is 399 g/mol. The van der Waals surface area contributed by atoms with Crippen molar-refractivity contribution in [1.82, 2.24) is 25.8 Å². The molecular weight excluding hydrogens is 374 g/mol. The maximum absolute atomic E-state index is 13.1. The van der Waals surface area contributed by atoms with Crippen molar-refractivity contribution in [3.05, 3.63) is 83.2 Å². The minimum absolute atomic E-state index is 0.0799. The molecule has 0 saturated carbocycles. The highest BCUT2D eigenvalue weighted by molar-refractivity contribution is 5.96. The van der Waals surface area contributed by atoms with E-state index in [0.717, 1.165) is 45.4 Å². The zero-order valence-corrected chi connectivity index (χ0v) is 17.4. The number of hydrogen-bond acceptors (Lipinski definition) is 4. The summed E-state index contributed by atoms with van der Waals surface area (Å²) < 4.78 is 0. The number of H-pyrrole nitrogens is 1. The molecule has 1 unspecified atom stereocenters. The lowest BCUT2D eigenvalue weighted by Gasteiger charge is -2.18. The van der Waals surface area contributed by atoms with E-state index in [4.69, 9.17) is 4.98 Å². The highest BCUT2D eigenvalue weighted by atomic mass is 16.1. The Hall–Kier alpha value is -3.51. The topological polar surface area (TPSA) is 82.7 Å². The summed E-state index contributed by atoms with van der Waals surface area (Å²) in [7, 11) is 1.90. The Balaban J connectivity index is 1.69. The van der Waals surface area contributed by atoms with Gasteiger partial charge in [-0.3, -0.25) is 9.89 Å². The number of carbonyl (C=O) groups is 1. The molecule has 0 fully saturated rings. The zero-order chi connectivity index (χ0) is 21.1. The molecule has 3 N–H and O–H groups in total. The Morgan fingerprint density at radius 1 is 1.17 bits per heavy atom. The molecule has 0 aliphatic heterocycles. The summed E-state index contributed by atoms with van der Waals surface area (Å²) in [4.78, 5) is 17.9. The van der Waals surface area contributed by atoms with Crippen molar-refractivity contribution in [1.29, 1.82) is 0 Å². The van der Waals surface area contributed by atoms with Crippen LogP contribution >= 0.6 is 0 Å². The van der Waals surface area contributed by atoms with Crippen molar-refractivity contribution < 1.29 is 4.79 Å². The van der Waals surface area contributed by atoms with Gasteiger partial charge in [0.2, 0.25) is 0 Å². The molecule has 2 heterocycles. The van der Waals surface area contributed by atoms with Gasteiger partial charge in [0.15, 0.2) is 0 Å². The van der Waals surface area contributed by atoms with Gasteiger partial charge in [-0.2, -0.15) is 5.10 Å². The third-order valence-electron chi connectivity index (χ3n) is 5.28. The number of pyridine rings is 1. The summed E-state index contributed by atoms with van der Waals surface area (Å²) in [6.07, 6.45) is 3.57. The number of carbonyl (C=O) groups excluding carboxylic acids is 1. The molecule has 0 radical (unpaired) electrons. The molecular formula is C24H25N5O. The Labute approximate surface area is 175 Å². The minimum atomic E-state index is -0.191. The van der Waals surface area contributed by atoms with Crippen LogP contribution < -0.4 is 10.6 Å². The van der Waals surface area contributed by atoms with Crippen LogP contribution in [0.3, 0.4) is 0 Å². The van der Waals surface area contributed by atoms with Crippen LogP contribution in [-0.4, -0.2) is 28.1 Å². The number of aromatic nitrogens is 3. The monoisotopic (exact) mass is 399 g/mol. The summed E-state index contributed by atoms with van der Waals surface area (Å²) in [6.45, 7) is 4.69. The van der Waals surface area contributed by atoms with Crippen LogP contribution in [0, 0.1) is 6.92 Å². The molecule has 1 atom stereocenters. The molecule has 0 aliphatic carbocycles. The van der Waals surface area contributed by atoms with Gasteiger partial charge in [-0.1, -0.05) is 30.3 Å². The first-order valence-corrected chi connectivity index (χ1v) is 10.0. The van der Waals surface area contributed by atoms with E-state index in [0.29, 0.717) is 5.56 Å². The van der Waals surface area contributed by atoms with Gasteiger partial charge < -0.3 is 10.6 Å². The predicted octanol–water partition coefficient (Wildman–Crippen LogP) is 4.14. The van der Waals surface area contributed by atoms with E-state index in [1.165, 1.54) is 0 Å². The Kier molecular flexibility index (Phi) is 5.59. The lowest BCUT2D eigenvalue weighted by molar-refractivity contribution is 0.0939. The van der Waals surface area contributed by atoms with Gasteiger partial charge >= 0.3 is 0 Å². The standard InChI is InChI=1S/C24H25N5O/c1-15-8-9-17(12-25-3)10-20(15)24(30)28-16(2)21-11-23(18-13-26-27-14-18)29-22-7-5-4-6-19(21)22/h4-11,13-14,16,25H,12H2,1-3H3,(H,26,27)(H,28,30). The Morgan fingerprint density at radius 3 is 2.77 bits per heavy atom. The maximum Gasteiger partial charge on any atom is 0.252 e. The fourth-order valence-electron chi connectivity index (χ4n) is 3.68. The van der Waals surface area contributed by atoms with Gasteiger partial charge in [-0.05, 0) is 55.8 Å². The normalized spacial score (nSPS) is 12.1. The first-order valence-electron chi connectivity index (χ1n) is 10.0. The molecule has 152 valence electrons. The van der Waals surface area contributed by atoms with E-state index in [9.17, 15) is 4.79 Å². The molecule has 4 rings (SSSR count). The van der Waals surface area contributed by atoms with E-state index in [1.54, 1.807) is 6.20 Å². The number of para-hydroxylation sites is 1. The summed E-state index contributed by atoms with van der Waals surface area (Å²) in [5.74, 6) is -0.0799. The fraction of sp³-hybridized carbons (Fsp3) is 0.208. The largest absolute Gasteiger partial charge is 0.345 e. The van der Waals surface area contributed by atoms with Gasteiger partial charge in [0.05, 0.1) is 23.4 Å². The maximum atomic E-state index is 13.1. The number of aromatic amines is 1. The van der Waals surface area contributed by atoms with Gasteiger partial charge in [0.25, 0.3) is 5.91 Å². The number of nitrogens with zero attached hydrogens (tertiary/aromatic N) is 2. The number of fused-ring (bicyclic) bond motifs is 1. The molecule has 30 heavy (non-hydrogen) atoms. The van der Waals surface area contributed by atoms with E-state index in [-0.39, 0.29) is 11.9 Å². The van der Waals surface area contributed by atoms with E-state index in [2.05, 4.69) is 20.8 Å². The average Bonchev–Trinajstić information content (AvgIpc) is 3.29. The van der Waals surface area contributed by atoms with Crippen LogP contribution in [-0.2, 0) is 6.54 Å². The Bertz CT molecular complexity index is 1180. The van der Waals surface area contributed by atoms with Crippen LogP contribution in [0.1, 0.15) is 40.0 Å². The van der Waals surface area contributed by atoms with E-state index < -0.39 is 0 Å². The number of benzene rings is 2. The minimum Gasteiger partial charge on any atom is -0.345 e. The molecule has 2 aromatic carbocycles. The van der Waals surface area contributed by atoms with Crippen molar-refractivity contribution in [2.45, 2.75) is 26.4 Å².